The smallest absolute Gasteiger partial charge is 0.261 e. The molecule has 3 rings (SSSR count). The molecule has 2 amide bonds. The first-order valence-corrected chi connectivity index (χ1v) is 9.92. The number of carbonyl (C=O) groups is 2. The minimum absolute atomic E-state index is 0.0823. The van der Waals surface area contributed by atoms with Gasteiger partial charge in [0.05, 0.1) is 23.4 Å². The van der Waals surface area contributed by atoms with Gasteiger partial charge in [0.1, 0.15) is 5.75 Å². The molecule has 1 fully saturated rings. The molecule has 7 nitrogen and oxygen atoms in total. The lowest BCUT2D eigenvalue weighted by molar-refractivity contribution is -0.121. The summed E-state index contributed by atoms with van der Waals surface area (Å²) in [6.45, 7) is 1.75. The number of carbonyl (C=O) groups excluding carboxylic acids is 2. The van der Waals surface area contributed by atoms with Crippen LogP contribution in [0.15, 0.2) is 41.3 Å². The van der Waals surface area contributed by atoms with Crippen molar-refractivity contribution in [3.63, 3.8) is 0 Å². The maximum atomic E-state index is 12.8. The Morgan fingerprint density at radius 3 is 2.37 bits per heavy atom. The van der Waals surface area contributed by atoms with Crippen LogP contribution >= 0.6 is 11.6 Å². The summed E-state index contributed by atoms with van der Waals surface area (Å²) in [5.41, 5.74) is 1.14. The third kappa shape index (κ3) is 3.77. The Morgan fingerprint density at radius 2 is 1.74 bits per heavy atom. The van der Waals surface area contributed by atoms with E-state index >= 15 is 0 Å². The number of rotatable bonds is 5. The van der Waals surface area contributed by atoms with Crippen LogP contribution in [0.2, 0.25) is 5.02 Å². The number of sulfonamides is 1. The molecule has 0 saturated carbocycles. The van der Waals surface area contributed by atoms with E-state index in [0.29, 0.717) is 16.3 Å². The summed E-state index contributed by atoms with van der Waals surface area (Å²) in [6.07, 6.45) is 0.165. The van der Waals surface area contributed by atoms with Crippen molar-refractivity contribution < 1.29 is 22.7 Å². The van der Waals surface area contributed by atoms with Crippen LogP contribution in [0, 0.1) is 6.92 Å². The molecule has 0 aromatic heterocycles. The van der Waals surface area contributed by atoms with Crippen molar-refractivity contribution in [1.29, 1.82) is 0 Å². The van der Waals surface area contributed by atoms with E-state index in [4.69, 9.17) is 16.3 Å². The number of imide groups is 1. The van der Waals surface area contributed by atoms with Crippen molar-refractivity contribution in [2.45, 2.75) is 24.7 Å². The first kappa shape index (κ1) is 19.2. The molecule has 0 bridgehead atoms. The number of ether oxygens (including phenoxy) is 1. The number of amides is 2. The molecule has 1 aliphatic heterocycles. The van der Waals surface area contributed by atoms with Crippen LogP contribution in [-0.2, 0) is 19.6 Å². The topological polar surface area (TPSA) is 92.8 Å². The van der Waals surface area contributed by atoms with Crippen LogP contribution in [0.4, 0.5) is 11.4 Å². The number of benzene rings is 2. The van der Waals surface area contributed by atoms with Crippen molar-refractivity contribution in [2.75, 3.05) is 16.7 Å². The first-order chi connectivity index (χ1) is 12.7. The van der Waals surface area contributed by atoms with E-state index in [0.717, 1.165) is 4.90 Å². The van der Waals surface area contributed by atoms with Crippen molar-refractivity contribution in [1.82, 2.24) is 0 Å². The molecule has 27 heavy (non-hydrogen) atoms. The summed E-state index contributed by atoms with van der Waals surface area (Å²) in [5.74, 6) is -0.561. The van der Waals surface area contributed by atoms with Crippen LogP contribution in [0.5, 0.6) is 5.75 Å². The number of hydrogen-bond donors (Lipinski definition) is 1. The number of nitrogens with one attached hydrogen (secondary N) is 1. The van der Waals surface area contributed by atoms with E-state index < -0.39 is 21.8 Å². The minimum atomic E-state index is -3.98. The Morgan fingerprint density at radius 1 is 1.07 bits per heavy atom. The van der Waals surface area contributed by atoms with Crippen molar-refractivity contribution in [3.05, 3.63) is 47.0 Å². The summed E-state index contributed by atoms with van der Waals surface area (Å²) in [6, 6.07) is 8.86. The Balaban J connectivity index is 2.03. The molecule has 142 valence electrons. The van der Waals surface area contributed by atoms with Gasteiger partial charge < -0.3 is 4.74 Å². The fourth-order valence-corrected chi connectivity index (χ4v) is 4.08. The van der Waals surface area contributed by atoms with Gasteiger partial charge in [0, 0.05) is 17.9 Å². The molecule has 0 radical (unpaired) electrons. The highest BCUT2D eigenvalue weighted by atomic mass is 35.5. The second-order valence-electron chi connectivity index (χ2n) is 6.02. The molecule has 1 heterocycles. The van der Waals surface area contributed by atoms with Gasteiger partial charge in [-0.15, -0.1) is 0 Å². The SMILES string of the molecule is COc1ccc(S(=O)(=O)Nc2cc(Cl)ccc2C)cc1N1C(=O)CCC1=O. The Labute approximate surface area is 161 Å². The van der Waals surface area contributed by atoms with E-state index in [1.807, 2.05) is 0 Å². The lowest BCUT2D eigenvalue weighted by Crippen LogP contribution is -2.29. The number of methoxy groups -OCH3 is 1. The first-order valence-electron chi connectivity index (χ1n) is 8.06. The van der Waals surface area contributed by atoms with Gasteiger partial charge in [0.15, 0.2) is 0 Å². The van der Waals surface area contributed by atoms with E-state index in [1.165, 1.54) is 31.4 Å². The third-order valence-corrected chi connectivity index (χ3v) is 5.80. The van der Waals surface area contributed by atoms with Crippen molar-refractivity contribution in [2.24, 2.45) is 0 Å². The minimum Gasteiger partial charge on any atom is -0.495 e. The van der Waals surface area contributed by atoms with Crippen LogP contribution in [0.3, 0.4) is 0 Å². The average Bonchev–Trinajstić information content (AvgIpc) is 2.95. The van der Waals surface area contributed by atoms with Gasteiger partial charge in [-0.25, -0.2) is 13.3 Å². The Bertz CT molecular complexity index is 1020. The van der Waals surface area contributed by atoms with Crippen LogP contribution < -0.4 is 14.4 Å². The van der Waals surface area contributed by atoms with Crippen LogP contribution in [0.1, 0.15) is 18.4 Å². The predicted molar refractivity (Wildman–Crippen MR) is 102 cm³/mol. The normalized spacial score (nSPS) is 14.6. The van der Waals surface area contributed by atoms with Crippen LogP contribution in [-0.4, -0.2) is 27.3 Å². The average molecular weight is 409 g/mol. The lowest BCUT2D eigenvalue weighted by Gasteiger charge is -2.19. The molecule has 1 saturated heterocycles. The monoisotopic (exact) mass is 408 g/mol. The van der Waals surface area contributed by atoms with Gasteiger partial charge in [0.25, 0.3) is 10.0 Å². The molecule has 0 unspecified atom stereocenters. The number of anilines is 2. The van der Waals surface area contributed by atoms with Gasteiger partial charge in [-0.05, 0) is 42.8 Å². The second-order valence-corrected chi connectivity index (χ2v) is 8.14. The summed E-state index contributed by atoms with van der Waals surface area (Å²) < 4.78 is 33.3. The zero-order valence-electron chi connectivity index (χ0n) is 14.7. The number of nitrogens with zero attached hydrogens (tertiary/aromatic N) is 1. The van der Waals surface area contributed by atoms with Crippen molar-refractivity contribution in [3.8, 4) is 5.75 Å². The molecule has 9 heteroatoms. The van der Waals surface area contributed by atoms with Crippen molar-refractivity contribution >= 4 is 44.8 Å². The molecule has 0 aliphatic carbocycles. The molecule has 2 aromatic carbocycles. The number of halogens is 1. The molecule has 2 aromatic rings. The largest absolute Gasteiger partial charge is 0.495 e. The molecule has 1 N–H and O–H groups in total. The van der Waals surface area contributed by atoms with E-state index in [-0.39, 0.29) is 29.2 Å². The van der Waals surface area contributed by atoms with Gasteiger partial charge in [0.2, 0.25) is 11.8 Å². The Kier molecular flexibility index (Phi) is 5.12. The predicted octanol–water partition coefficient (Wildman–Crippen LogP) is 3.11. The Hall–Kier alpha value is -2.58. The number of aryl methyl sites for hydroxylation is 1. The maximum Gasteiger partial charge on any atom is 0.261 e. The van der Waals surface area contributed by atoms with E-state index in [1.54, 1.807) is 19.1 Å². The molecular weight excluding hydrogens is 392 g/mol. The van der Waals surface area contributed by atoms with Gasteiger partial charge in [-0.1, -0.05) is 17.7 Å². The highest BCUT2D eigenvalue weighted by molar-refractivity contribution is 7.92. The van der Waals surface area contributed by atoms with Gasteiger partial charge in [-0.3, -0.25) is 14.3 Å². The summed E-state index contributed by atoms with van der Waals surface area (Å²) in [7, 11) is -2.60. The second kappa shape index (κ2) is 7.21. The van der Waals surface area contributed by atoms with E-state index in [2.05, 4.69) is 4.72 Å². The van der Waals surface area contributed by atoms with E-state index in [9.17, 15) is 18.0 Å². The highest BCUT2D eigenvalue weighted by Gasteiger charge is 2.33. The maximum absolute atomic E-state index is 12.8. The van der Waals surface area contributed by atoms with Gasteiger partial charge >= 0.3 is 0 Å². The molecule has 0 atom stereocenters. The summed E-state index contributed by atoms with van der Waals surface area (Å²) >= 11 is 5.94. The lowest BCUT2D eigenvalue weighted by atomic mass is 10.2. The molecule has 1 aliphatic rings. The van der Waals surface area contributed by atoms with Crippen LogP contribution in [0.25, 0.3) is 0 Å². The molecular formula is C18H17ClN2O5S. The quantitative estimate of drug-likeness (QED) is 0.767. The fraction of sp³-hybridized carbons (Fsp3) is 0.222. The standard InChI is InChI=1S/C18H17ClN2O5S/c1-11-3-4-12(19)9-14(11)20-27(24,25)13-5-6-16(26-2)15(10-13)21-17(22)7-8-18(21)23/h3-6,9-10,20H,7-8H2,1-2H3. The zero-order valence-corrected chi connectivity index (χ0v) is 16.2. The zero-order chi connectivity index (χ0) is 19.8. The third-order valence-electron chi connectivity index (χ3n) is 4.20. The molecule has 0 spiro atoms. The number of hydrogen-bond acceptors (Lipinski definition) is 5. The highest BCUT2D eigenvalue weighted by Crippen LogP contribution is 2.35. The summed E-state index contributed by atoms with van der Waals surface area (Å²) in [4.78, 5) is 25.0. The summed E-state index contributed by atoms with van der Waals surface area (Å²) in [5, 5.41) is 0.391. The fourth-order valence-electron chi connectivity index (χ4n) is 2.76. The van der Waals surface area contributed by atoms with Gasteiger partial charge in [-0.2, -0.15) is 0 Å².